The Bertz CT molecular complexity index is 2700. The van der Waals surface area contributed by atoms with Gasteiger partial charge in [-0.3, -0.25) is 38.9 Å². The molecule has 3 aromatic heterocycles. The molecule has 1 unspecified atom stereocenters. The number of nitrogens with zero attached hydrogens (tertiary/aromatic N) is 7. The Morgan fingerprint density at radius 1 is 0.983 bits per heavy atom. The van der Waals surface area contributed by atoms with Gasteiger partial charge in [0.15, 0.2) is 0 Å². The summed E-state index contributed by atoms with van der Waals surface area (Å²) in [6.07, 6.45) is 6.77. The maximum Gasteiger partial charge on any atom is 0.262 e. The van der Waals surface area contributed by atoms with Gasteiger partial charge in [-0.25, -0.2) is 13.4 Å². The van der Waals surface area contributed by atoms with E-state index in [2.05, 4.69) is 42.4 Å². The van der Waals surface area contributed by atoms with Crippen molar-refractivity contribution >= 4 is 67.9 Å². The average Bonchev–Trinajstić information content (AvgIpc) is 3.96. The minimum absolute atomic E-state index is 0.0196. The number of carbonyl (C=O) groups is 5. The number of fused-ring (bicyclic) bond motifs is 2. The summed E-state index contributed by atoms with van der Waals surface area (Å²) in [5.74, 6) is -2.18. The standard InChI is InChI=1S/C40H40N12O7S/c1-2-60(58,59)50-22-40(23-50,14-15-41)51-21-25(20-45-51)33-29-13-18-43-34(29)49-39(48-33)46-26-7-5-24(6-8-26)35(54)44-17-4-3-16-42-27-9-10-28-30(19-27)38(57)52(37(28)56)31-11-12-32(53)47-36(31)55/h5-10,13,18-21,31,42H,2-4,11-12,14,16-17,22-23H2,1H3,(H,44,54)(H,47,53,55)(H2,43,46,48,49). The first-order chi connectivity index (χ1) is 28.9. The lowest BCUT2D eigenvalue weighted by atomic mass is 9.89. The second-order valence-electron chi connectivity index (χ2n) is 14.8. The summed E-state index contributed by atoms with van der Waals surface area (Å²) in [7, 11) is -3.40. The molecule has 0 bridgehead atoms. The van der Waals surface area contributed by atoms with Crippen molar-refractivity contribution in [2.45, 2.75) is 50.6 Å². The normalized spacial score (nSPS) is 17.5. The van der Waals surface area contributed by atoms with Gasteiger partial charge in [0.05, 0.1) is 41.3 Å². The van der Waals surface area contributed by atoms with Crippen LogP contribution in [0.25, 0.3) is 22.3 Å². The van der Waals surface area contributed by atoms with E-state index >= 15 is 0 Å². The van der Waals surface area contributed by atoms with Crippen molar-refractivity contribution in [1.29, 1.82) is 5.26 Å². The number of anilines is 3. The van der Waals surface area contributed by atoms with Crippen LogP contribution in [0.3, 0.4) is 0 Å². The fourth-order valence-electron chi connectivity index (χ4n) is 7.60. The Morgan fingerprint density at radius 3 is 2.48 bits per heavy atom. The lowest BCUT2D eigenvalue weighted by Gasteiger charge is -2.47. The summed E-state index contributed by atoms with van der Waals surface area (Å²) in [6.45, 7) is 2.87. The van der Waals surface area contributed by atoms with Crippen molar-refractivity contribution < 1.29 is 32.4 Å². The Labute approximate surface area is 343 Å². The van der Waals surface area contributed by atoms with Gasteiger partial charge in [0.1, 0.15) is 17.2 Å². The number of piperidine rings is 1. The highest BCUT2D eigenvalue weighted by Gasteiger charge is 2.50. The quantitative estimate of drug-likeness (QED) is 0.0752. The fourth-order valence-corrected chi connectivity index (χ4v) is 8.84. The Kier molecular flexibility index (Phi) is 10.6. The second kappa shape index (κ2) is 16.0. The SMILES string of the molecule is CCS(=O)(=O)N1CC(CC#N)(n2cc(-c3nc(Nc4ccc(C(=O)NCCCCNc5ccc6c(c5)C(=O)N(C5CCC(=O)NC5=O)C6=O)cc4)nc4[nH]ccc34)cn2)C1. The van der Waals surface area contributed by atoms with Gasteiger partial charge in [0.2, 0.25) is 27.8 Å². The molecule has 2 fully saturated rings. The van der Waals surface area contributed by atoms with Crippen molar-refractivity contribution in [2.24, 2.45) is 0 Å². The first kappa shape index (κ1) is 39.8. The zero-order chi connectivity index (χ0) is 42.2. The molecule has 20 heteroatoms. The molecule has 2 saturated heterocycles. The molecule has 0 radical (unpaired) electrons. The number of unbranched alkanes of at least 4 members (excludes halogenated alkanes) is 1. The summed E-state index contributed by atoms with van der Waals surface area (Å²) in [6, 6.07) is 14.7. The average molecular weight is 833 g/mol. The maximum atomic E-state index is 13.1. The molecule has 5 N–H and O–H groups in total. The molecule has 8 rings (SSSR count). The van der Waals surface area contributed by atoms with Crippen LogP contribution >= 0.6 is 0 Å². The number of H-pyrrole nitrogens is 1. The minimum atomic E-state index is -3.40. The highest BCUT2D eigenvalue weighted by molar-refractivity contribution is 7.89. The monoisotopic (exact) mass is 832 g/mol. The number of nitriles is 1. The molecule has 0 aliphatic carbocycles. The number of imide groups is 2. The molecule has 5 aromatic rings. The van der Waals surface area contributed by atoms with Crippen molar-refractivity contribution in [3.05, 3.63) is 83.8 Å². The summed E-state index contributed by atoms with van der Waals surface area (Å²) in [4.78, 5) is 76.3. The van der Waals surface area contributed by atoms with Crippen LogP contribution in [0.4, 0.5) is 17.3 Å². The van der Waals surface area contributed by atoms with Crippen LogP contribution in [0.1, 0.15) is 70.1 Å². The number of rotatable bonds is 15. The molecule has 3 aliphatic rings. The molecular formula is C40H40N12O7S. The first-order valence-electron chi connectivity index (χ1n) is 19.4. The van der Waals surface area contributed by atoms with Gasteiger partial charge in [-0.05, 0) is 74.7 Å². The van der Waals surface area contributed by atoms with Crippen molar-refractivity contribution in [1.82, 2.24) is 44.6 Å². The Morgan fingerprint density at radius 2 is 1.73 bits per heavy atom. The fraction of sp³-hybridized carbons (Fsp3) is 0.325. The first-order valence-corrected chi connectivity index (χ1v) is 21.0. The number of sulfonamides is 1. The van der Waals surface area contributed by atoms with Crippen LogP contribution < -0.4 is 21.3 Å². The van der Waals surface area contributed by atoms with Crippen molar-refractivity contribution in [2.75, 3.05) is 42.6 Å². The lowest BCUT2D eigenvalue weighted by molar-refractivity contribution is -0.136. The van der Waals surface area contributed by atoms with E-state index in [9.17, 15) is 37.7 Å². The maximum absolute atomic E-state index is 13.1. The zero-order valence-corrected chi connectivity index (χ0v) is 33.2. The number of aromatic nitrogens is 5. The number of aromatic amines is 1. The van der Waals surface area contributed by atoms with Crippen molar-refractivity contribution in [3.8, 4) is 17.3 Å². The molecule has 2 aromatic carbocycles. The van der Waals surface area contributed by atoms with Crippen LogP contribution in [-0.4, -0.2) is 110 Å². The van der Waals surface area contributed by atoms with Crippen LogP contribution in [0.15, 0.2) is 67.1 Å². The largest absolute Gasteiger partial charge is 0.385 e. The van der Waals surface area contributed by atoms with Gasteiger partial charge in [0.25, 0.3) is 17.7 Å². The molecule has 19 nitrogen and oxygen atoms in total. The van der Waals surface area contributed by atoms with Gasteiger partial charge in [-0.15, -0.1) is 0 Å². The van der Waals surface area contributed by atoms with E-state index in [-0.39, 0.29) is 55.1 Å². The van der Waals surface area contributed by atoms with E-state index in [4.69, 9.17) is 4.98 Å². The minimum Gasteiger partial charge on any atom is -0.385 e. The summed E-state index contributed by atoms with van der Waals surface area (Å²) < 4.78 is 27.9. The van der Waals surface area contributed by atoms with E-state index < -0.39 is 45.2 Å². The van der Waals surface area contributed by atoms with E-state index in [1.165, 1.54) is 4.31 Å². The predicted octanol–water partition coefficient (Wildman–Crippen LogP) is 2.86. The number of amides is 5. The smallest absolute Gasteiger partial charge is 0.262 e. The van der Waals surface area contributed by atoms with E-state index in [1.54, 1.807) is 72.7 Å². The third-order valence-corrected chi connectivity index (χ3v) is 12.7. The van der Waals surface area contributed by atoms with Gasteiger partial charge in [-0.1, -0.05) is 0 Å². The molecule has 308 valence electrons. The predicted molar refractivity (Wildman–Crippen MR) is 217 cm³/mol. The number of benzene rings is 2. The Balaban J connectivity index is 0.828. The highest BCUT2D eigenvalue weighted by Crippen LogP contribution is 2.36. The molecule has 1 atom stereocenters. The van der Waals surface area contributed by atoms with Crippen LogP contribution in [0, 0.1) is 11.3 Å². The molecule has 3 aliphatic heterocycles. The number of hydrogen-bond acceptors (Lipinski definition) is 13. The van der Waals surface area contributed by atoms with Gasteiger partial charge >= 0.3 is 0 Å². The van der Waals surface area contributed by atoms with Gasteiger partial charge in [-0.2, -0.15) is 19.6 Å². The van der Waals surface area contributed by atoms with E-state index in [1.807, 2.05) is 6.07 Å². The third kappa shape index (κ3) is 7.55. The Hall–Kier alpha value is -6.98. The number of hydrogen-bond donors (Lipinski definition) is 5. The molecule has 5 amide bonds. The molecular weight excluding hydrogens is 793 g/mol. The summed E-state index contributed by atoms with van der Waals surface area (Å²) in [5, 5.41) is 26.4. The molecule has 0 spiro atoms. The van der Waals surface area contributed by atoms with E-state index in [0.717, 1.165) is 10.3 Å². The number of nitrogens with one attached hydrogen (secondary N) is 5. The van der Waals surface area contributed by atoms with Gasteiger partial charge in [0, 0.05) is 72.9 Å². The van der Waals surface area contributed by atoms with Crippen LogP contribution in [0.5, 0.6) is 0 Å². The molecule has 0 saturated carbocycles. The summed E-state index contributed by atoms with van der Waals surface area (Å²) >= 11 is 0. The van der Waals surface area contributed by atoms with Crippen LogP contribution in [0.2, 0.25) is 0 Å². The third-order valence-electron chi connectivity index (χ3n) is 10.9. The summed E-state index contributed by atoms with van der Waals surface area (Å²) in [5.41, 5.74) is 3.20. The zero-order valence-electron chi connectivity index (χ0n) is 32.4. The lowest BCUT2D eigenvalue weighted by Crippen LogP contribution is -2.64. The second-order valence-corrected chi connectivity index (χ2v) is 17.1. The van der Waals surface area contributed by atoms with Gasteiger partial charge < -0.3 is 20.9 Å². The number of carbonyl (C=O) groups excluding carboxylic acids is 5. The van der Waals surface area contributed by atoms with Crippen molar-refractivity contribution in [3.63, 3.8) is 0 Å². The van der Waals surface area contributed by atoms with E-state index in [0.29, 0.717) is 65.7 Å². The molecule has 60 heavy (non-hydrogen) atoms. The molecule has 6 heterocycles. The topological polar surface area (TPSA) is 257 Å². The highest BCUT2D eigenvalue weighted by atomic mass is 32.2. The van der Waals surface area contributed by atoms with Crippen LogP contribution in [-0.2, 0) is 25.2 Å².